The molecule has 0 amide bonds. The lowest BCUT2D eigenvalue weighted by Crippen LogP contribution is -2.17. The Hall–Kier alpha value is -1.95. The second kappa shape index (κ2) is 5.59. The maximum atomic E-state index is 5.50. The average molecular weight is 247 g/mol. The lowest BCUT2D eigenvalue weighted by molar-refractivity contribution is 0.475. The molecule has 2 aromatic heterocycles. The molecule has 6 nitrogen and oxygen atoms in total. The predicted octanol–water partition coefficient (Wildman–Crippen LogP) is 1.13. The van der Waals surface area contributed by atoms with Crippen LogP contribution in [0.15, 0.2) is 22.6 Å². The summed E-state index contributed by atoms with van der Waals surface area (Å²) in [4.78, 5) is 6.32. The van der Waals surface area contributed by atoms with E-state index < -0.39 is 0 Å². The number of nitrogens with one attached hydrogen (secondary N) is 1. The summed E-state index contributed by atoms with van der Waals surface area (Å²) in [5.41, 5.74) is 1.98. The zero-order valence-electron chi connectivity index (χ0n) is 10.8. The van der Waals surface area contributed by atoms with Gasteiger partial charge in [-0.25, -0.2) is 0 Å². The second-order valence-corrected chi connectivity index (χ2v) is 4.14. The van der Waals surface area contributed by atoms with E-state index in [1.54, 1.807) is 0 Å². The van der Waals surface area contributed by atoms with Gasteiger partial charge in [0.25, 0.3) is 0 Å². The molecule has 0 atom stereocenters. The summed E-state index contributed by atoms with van der Waals surface area (Å²) < 4.78 is 5.50. The summed E-state index contributed by atoms with van der Waals surface area (Å²) in [5, 5.41) is 10.9. The molecule has 6 heteroatoms. The molecule has 0 radical (unpaired) electrons. The fourth-order valence-corrected chi connectivity index (χ4v) is 1.62. The Labute approximate surface area is 106 Å². The van der Waals surface area contributed by atoms with Crippen LogP contribution in [-0.4, -0.2) is 29.3 Å². The molecular weight excluding hydrogens is 230 g/mol. The summed E-state index contributed by atoms with van der Waals surface area (Å²) in [5.74, 6) is 0.580. The van der Waals surface area contributed by atoms with E-state index in [0.717, 1.165) is 11.4 Å². The van der Waals surface area contributed by atoms with Crippen LogP contribution in [0.4, 0.5) is 6.01 Å². The summed E-state index contributed by atoms with van der Waals surface area (Å²) in [6.45, 7) is 3.19. The van der Waals surface area contributed by atoms with Gasteiger partial charge in [-0.05, 0) is 26.1 Å². The Kier molecular flexibility index (Phi) is 3.88. The van der Waals surface area contributed by atoms with Gasteiger partial charge < -0.3 is 14.6 Å². The topological polar surface area (TPSA) is 67.1 Å². The first-order chi connectivity index (χ1) is 8.69. The van der Waals surface area contributed by atoms with E-state index >= 15 is 0 Å². The summed E-state index contributed by atoms with van der Waals surface area (Å²) in [6.07, 6.45) is 0. The number of pyridine rings is 1. The summed E-state index contributed by atoms with van der Waals surface area (Å²) in [7, 11) is 3.74. The van der Waals surface area contributed by atoms with Crippen molar-refractivity contribution in [3.8, 4) is 0 Å². The van der Waals surface area contributed by atoms with Crippen LogP contribution in [0.25, 0.3) is 0 Å². The Morgan fingerprint density at radius 2 is 2.17 bits per heavy atom. The van der Waals surface area contributed by atoms with E-state index in [1.807, 2.05) is 44.1 Å². The zero-order valence-corrected chi connectivity index (χ0v) is 10.8. The van der Waals surface area contributed by atoms with Gasteiger partial charge in [0.15, 0.2) is 0 Å². The van der Waals surface area contributed by atoms with Crippen LogP contribution in [0, 0.1) is 6.92 Å². The molecule has 0 aliphatic heterocycles. The minimum atomic E-state index is 0.503. The number of nitrogens with zero attached hydrogens (tertiary/aromatic N) is 4. The Balaban J connectivity index is 2.04. The van der Waals surface area contributed by atoms with Gasteiger partial charge in [-0.2, -0.15) is 0 Å². The first-order valence-electron chi connectivity index (χ1n) is 5.79. The van der Waals surface area contributed by atoms with Crippen molar-refractivity contribution in [2.45, 2.75) is 20.0 Å². The Morgan fingerprint density at radius 3 is 2.89 bits per heavy atom. The molecule has 18 heavy (non-hydrogen) atoms. The Bertz CT molecular complexity index is 511. The number of hydrogen-bond donors (Lipinski definition) is 1. The monoisotopic (exact) mass is 247 g/mol. The lowest BCUT2D eigenvalue weighted by atomic mass is 10.3. The van der Waals surface area contributed by atoms with Crippen LogP contribution in [0.1, 0.15) is 17.3 Å². The molecule has 0 aromatic carbocycles. The highest BCUT2D eigenvalue weighted by molar-refractivity contribution is 5.24. The van der Waals surface area contributed by atoms with Gasteiger partial charge in [0.1, 0.15) is 0 Å². The highest BCUT2D eigenvalue weighted by Crippen LogP contribution is 2.13. The predicted molar refractivity (Wildman–Crippen MR) is 68.1 cm³/mol. The second-order valence-electron chi connectivity index (χ2n) is 4.14. The summed E-state index contributed by atoms with van der Waals surface area (Å²) >= 11 is 0. The van der Waals surface area contributed by atoms with Crippen LogP contribution < -0.4 is 10.2 Å². The average Bonchev–Trinajstić information content (AvgIpc) is 2.78. The molecule has 2 aromatic rings. The molecule has 0 fully saturated rings. The normalized spacial score (nSPS) is 10.6. The van der Waals surface area contributed by atoms with E-state index in [0.29, 0.717) is 25.0 Å². The quantitative estimate of drug-likeness (QED) is 0.854. The van der Waals surface area contributed by atoms with Crippen LogP contribution in [0.5, 0.6) is 0 Å². The van der Waals surface area contributed by atoms with E-state index in [9.17, 15) is 0 Å². The fraction of sp³-hybridized carbons (Fsp3) is 0.417. The van der Waals surface area contributed by atoms with Crippen molar-refractivity contribution < 1.29 is 4.42 Å². The molecular formula is C12H17N5O. The molecule has 0 aliphatic carbocycles. The minimum Gasteiger partial charge on any atom is -0.407 e. The Morgan fingerprint density at radius 1 is 1.33 bits per heavy atom. The van der Waals surface area contributed by atoms with Gasteiger partial charge in [0.2, 0.25) is 5.89 Å². The van der Waals surface area contributed by atoms with Crippen LogP contribution >= 0.6 is 0 Å². The smallest absolute Gasteiger partial charge is 0.318 e. The van der Waals surface area contributed by atoms with Crippen molar-refractivity contribution in [2.24, 2.45) is 0 Å². The van der Waals surface area contributed by atoms with E-state index in [4.69, 9.17) is 4.42 Å². The van der Waals surface area contributed by atoms with Gasteiger partial charge >= 0.3 is 6.01 Å². The SMILES string of the molecule is CNCc1nnc(N(C)Cc2cccc(C)n2)o1. The zero-order chi connectivity index (χ0) is 13.0. The van der Waals surface area contributed by atoms with Gasteiger partial charge in [-0.1, -0.05) is 11.2 Å². The molecule has 0 aliphatic rings. The molecule has 0 bridgehead atoms. The van der Waals surface area contributed by atoms with Gasteiger partial charge in [-0.15, -0.1) is 5.10 Å². The first-order valence-corrected chi connectivity index (χ1v) is 5.79. The maximum Gasteiger partial charge on any atom is 0.318 e. The van der Waals surface area contributed by atoms with E-state index in [-0.39, 0.29) is 0 Å². The molecule has 2 rings (SSSR count). The van der Waals surface area contributed by atoms with Crippen molar-refractivity contribution in [1.29, 1.82) is 0 Å². The number of hydrogen-bond acceptors (Lipinski definition) is 6. The highest BCUT2D eigenvalue weighted by Gasteiger charge is 2.11. The third-order valence-corrected chi connectivity index (χ3v) is 2.46. The molecule has 0 saturated heterocycles. The number of anilines is 1. The molecule has 1 N–H and O–H groups in total. The van der Waals surface area contributed by atoms with Crippen molar-refractivity contribution in [3.63, 3.8) is 0 Å². The molecule has 0 spiro atoms. The van der Waals surface area contributed by atoms with Crippen molar-refractivity contribution in [2.75, 3.05) is 19.0 Å². The van der Waals surface area contributed by atoms with Crippen LogP contribution in [0.3, 0.4) is 0 Å². The third-order valence-electron chi connectivity index (χ3n) is 2.46. The minimum absolute atomic E-state index is 0.503. The number of aromatic nitrogens is 3. The molecule has 0 unspecified atom stereocenters. The van der Waals surface area contributed by atoms with Gasteiger partial charge in [0, 0.05) is 12.7 Å². The number of rotatable bonds is 5. The standard InChI is InChI=1S/C12H17N5O/c1-9-5-4-6-10(14-9)8-17(3)12-16-15-11(18-12)7-13-2/h4-6,13H,7-8H2,1-3H3. The largest absolute Gasteiger partial charge is 0.407 e. The van der Waals surface area contributed by atoms with Crippen LogP contribution in [-0.2, 0) is 13.1 Å². The van der Waals surface area contributed by atoms with Gasteiger partial charge in [-0.3, -0.25) is 4.98 Å². The van der Waals surface area contributed by atoms with Crippen molar-refractivity contribution >= 4 is 6.01 Å². The van der Waals surface area contributed by atoms with Gasteiger partial charge in [0.05, 0.1) is 18.8 Å². The fourth-order valence-electron chi connectivity index (χ4n) is 1.62. The molecule has 0 saturated carbocycles. The van der Waals surface area contributed by atoms with E-state index in [2.05, 4.69) is 20.5 Å². The lowest BCUT2D eigenvalue weighted by Gasteiger charge is -2.13. The molecule has 2 heterocycles. The van der Waals surface area contributed by atoms with Crippen molar-refractivity contribution in [3.05, 3.63) is 35.5 Å². The maximum absolute atomic E-state index is 5.50. The van der Waals surface area contributed by atoms with E-state index in [1.165, 1.54) is 0 Å². The number of aryl methyl sites for hydroxylation is 1. The van der Waals surface area contributed by atoms with Crippen molar-refractivity contribution in [1.82, 2.24) is 20.5 Å². The van der Waals surface area contributed by atoms with Crippen LogP contribution in [0.2, 0.25) is 0 Å². The molecule has 96 valence electrons. The third kappa shape index (κ3) is 3.04. The summed E-state index contributed by atoms with van der Waals surface area (Å²) in [6, 6.07) is 6.45. The first kappa shape index (κ1) is 12.5. The highest BCUT2D eigenvalue weighted by atomic mass is 16.4.